The van der Waals surface area contributed by atoms with Gasteiger partial charge in [0.2, 0.25) is 18.1 Å². The van der Waals surface area contributed by atoms with Gasteiger partial charge < -0.3 is 5.21 Å². The van der Waals surface area contributed by atoms with Gasteiger partial charge >= 0.3 is 0 Å². The van der Waals surface area contributed by atoms with Crippen molar-refractivity contribution in [3.63, 3.8) is 0 Å². The summed E-state index contributed by atoms with van der Waals surface area (Å²) in [5.41, 5.74) is 1.92. The Morgan fingerprint density at radius 1 is 1.22 bits per heavy atom. The number of benzene rings is 1. The monoisotopic (exact) mass is 364 g/mol. The minimum Gasteiger partial charge on any atom is -0.623 e. The van der Waals surface area contributed by atoms with Gasteiger partial charge in [-0.15, -0.1) is 21.5 Å². The molecule has 0 aliphatic carbocycles. The van der Waals surface area contributed by atoms with Gasteiger partial charge in [-0.1, -0.05) is 35.3 Å². The number of thiophene rings is 1. The molecule has 23 heavy (non-hydrogen) atoms. The van der Waals surface area contributed by atoms with Crippen molar-refractivity contribution in [2.75, 3.05) is 0 Å². The standard InChI is InChI=1S/C15H10Cl2N4OS/c1-8-18-19-13-7-20(22)14(9-4-2-3-5-11(9)16)10-6-12(17)23-15(10)21(8)13/h2-6H,7H2,1H3. The first-order valence-electron chi connectivity index (χ1n) is 6.83. The Kier molecular flexibility index (Phi) is 3.41. The van der Waals surface area contributed by atoms with Crippen molar-refractivity contribution in [2.24, 2.45) is 0 Å². The third kappa shape index (κ3) is 2.25. The summed E-state index contributed by atoms with van der Waals surface area (Å²) in [6, 6.07) is 9.07. The zero-order valence-electron chi connectivity index (χ0n) is 12.0. The van der Waals surface area contributed by atoms with Crippen molar-refractivity contribution in [3.05, 3.63) is 67.7 Å². The molecule has 2 aromatic heterocycles. The van der Waals surface area contributed by atoms with Crippen LogP contribution in [0.25, 0.3) is 5.00 Å². The minimum absolute atomic E-state index is 0.0976. The molecule has 0 saturated carbocycles. The Hall–Kier alpha value is -1.89. The van der Waals surface area contributed by atoms with Gasteiger partial charge in [0.1, 0.15) is 10.8 Å². The molecule has 0 spiro atoms. The van der Waals surface area contributed by atoms with Crippen LogP contribution in [0.3, 0.4) is 0 Å². The predicted molar refractivity (Wildman–Crippen MR) is 91.0 cm³/mol. The Balaban J connectivity index is 2.06. The van der Waals surface area contributed by atoms with E-state index in [4.69, 9.17) is 23.2 Å². The molecule has 3 heterocycles. The van der Waals surface area contributed by atoms with Crippen LogP contribution in [0.4, 0.5) is 0 Å². The highest BCUT2D eigenvalue weighted by atomic mass is 35.5. The largest absolute Gasteiger partial charge is 0.623 e. The third-order valence-electron chi connectivity index (χ3n) is 3.70. The zero-order chi connectivity index (χ0) is 16.1. The number of halogens is 2. The number of fused-ring (bicyclic) bond motifs is 3. The molecule has 1 aliphatic rings. The predicted octanol–water partition coefficient (Wildman–Crippen LogP) is 3.81. The zero-order valence-corrected chi connectivity index (χ0v) is 14.3. The number of rotatable bonds is 1. The lowest BCUT2D eigenvalue weighted by molar-refractivity contribution is -0.475. The average molecular weight is 365 g/mol. The van der Waals surface area contributed by atoms with E-state index in [9.17, 15) is 5.21 Å². The van der Waals surface area contributed by atoms with Crippen LogP contribution >= 0.6 is 34.5 Å². The molecule has 1 aromatic carbocycles. The van der Waals surface area contributed by atoms with E-state index in [-0.39, 0.29) is 6.54 Å². The fourth-order valence-corrected chi connectivity index (χ4v) is 4.24. The van der Waals surface area contributed by atoms with Gasteiger partial charge in [0.05, 0.1) is 20.5 Å². The van der Waals surface area contributed by atoms with Crippen molar-refractivity contribution in [3.8, 4) is 5.00 Å². The highest BCUT2D eigenvalue weighted by Gasteiger charge is 2.31. The lowest BCUT2D eigenvalue weighted by Crippen LogP contribution is -2.17. The van der Waals surface area contributed by atoms with Gasteiger partial charge in [-0.25, -0.2) is 0 Å². The summed E-state index contributed by atoms with van der Waals surface area (Å²) in [6.45, 7) is 1.95. The van der Waals surface area contributed by atoms with E-state index < -0.39 is 0 Å². The maximum atomic E-state index is 12.8. The van der Waals surface area contributed by atoms with Crippen LogP contribution in [0.1, 0.15) is 22.8 Å². The van der Waals surface area contributed by atoms with Crippen molar-refractivity contribution in [1.29, 1.82) is 0 Å². The molecule has 0 saturated heterocycles. The summed E-state index contributed by atoms with van der Waals surface area (Å²) in [7, 11) is 0. The van der Waals surface area contributed by atoms with E-state index in [0.717, 1.165) is 15.3 Å². The van der Waals surface area contributed by atoms with Crippen LogP contribution in [-0.4, -0.2) is 25.2 Å². The molecule has 4 rings (SSSR count). The van der Waals surface area contributed by atoms with E-state index in [1.807, 2.05) is 29.7 Å². The molecule has 0 amide bonds. The fourth-order valence-electron chi connectivity index (χ4n) is 2.74. The summed E-state index contributed by atoms with van der Waals surface area (Å²) in [5, 5.41) is 22.4. The second kappa shape index (κ2) is 5.33. The van der Waals surface area contributed by atoms with E-state index in [2.05, 4.69) is 10.2 Å². The lowest BCUT2D eigenvalue weighted by atomic mass is 10.0. The molecule has 1 aliphatic heterocycles. The molecule has 0 fully saturated rings. The first-order chi connectivity index (χ1) is 11.1. The Morgan fingerprint density at radius 3 is 2.78 bits per heavy atom. The number of aromatic nitrogens is 3. The average Bonchev–Trinajstić information content (AvgIpc) is 3.01. The van der Waals surface area contributed by atoms with Crippen molar-refractivity contribution in [2.45, 2.75) is 13.5 Å². The van der Waals surface area contributed by atoms with Crippen LogP contribution in [0.5, 0.6) is 0 Å². The number of aryl methyl sites for hydroxylation is 1. The quantitative estimate of drug-likeness (QED) is 0.487. The molecular weight excluding hydrogens is 355 g/mol. The number of hydroxylamine groups is 1. The first-order valence-corrected chi connectivity index (χ1v) is 8.41. The molecule has 5 nitrogen and oxygen atoms in total. The van der Waals surface area contributed by atoms with Crippen LogP contribution in [0, 0.1) is 12.1 Å². The van der Waals surface area contributed by atoms with Crippen LogP contribution in [0.15, 0.2) is 30.3 Å². The molecule has 0 atom stereocenters. The minimum atomic E-state index is 0.0976. The van der Waals surface area contributed by atoms with E-state index in [1.54, 1.807) is 12.1 Å². The maximum absolute atomic E-state index is 12.8. The van der Waals surface area contributed by atoms with Crippen molar-refractivity contribution < 1.29 is 4.74 Å². The van der Waals surface area contributed by atoms with Gasteiger partial charge in [0.25, 0.3) is 0 Å². The van der Waals surface area contributed by atoms with Crippen molar-refractivity contribution in [1.82, 2.24) is 14.8 Å². The number of hydrogen-bond donors (Lipinski definition) is 0. The highest BCUT2D eigenvalue weighted by Crippen LogP contribution is 2.36. The Morgan fingerprint density at radius 2 is 2.00 bits per heavy atom. The topological polar surface area (TPSA) is 56.8 Å². The number of nitrogens with zero attached hydrogens (tertiary/aromatic N) is 4. The summed E-state index contributed by atoms with van der Waals surface area (Å²) in [6.07, 6.45) is 0. The van der Waals surface area contributed by atoms with Gasteiger partial charge in [-0.05, 0) is 25.1 Å². The first kappa shape index (κ1) is 14.7. The molecule has 3 aromatic rings. The van der Waals surface area contributed by atoms with E-state index in [0.29, 0.717) is 32.3 Å². The van der Waals surface area contributed by atoms with E-state index in [1.165, 1.54) is 11.3 Å². The van der Waals surface area contributed by atoms with Crippen LogP contribution < -0.4 is 0 Å². The summed E-state index contributed by atoms with van der Waals surface area (Å²) in [4.78, 5) is 0. The Labute approximate surface area is 146 Å². The highest BCUT2D eigenvalue weighted by molar-refractivity contribution is 7.19. The molecule has 0 bridgehead atoms. The van der Waals surface area contributed by atoms with Gasteiger partial charge in [0, 0.05) is 0 Å². The number of hydrogen-bond acceptors (Lipinski definition) is 4. The molecule has 0 radical (unpaired) electrons. The smallest absolute Gasteiger partial charge is 0.230 e. The third-order valence-corrected chi connectivity index (χ3v) is 5.27. The van der Waals surface area contributed by atoms with Crippen LogP contribution in [0.2, 0.25) is 9.36 Å². The van der Waals surface area contributed by atoms with Gasteiger partial charge in [-0.3, -0.25) is 4.57 Å². The van der Waals surface area contributed by atoms with Crippen LogP contribution in [-0.2, 0) is 6.54 Å². The lowest BCUT2D eigenvalue weighted by Gasteiger charge is -2.09. The Bertz CT molecular complexity index is 960. The maximum Gasteiger partial charge on any atom is 0.230 e. The molecule has 116 valence electrons. The SMILES string of the molecule is Cc1nnc2n1-c1sc(Cl)cc1C(c1ccccc1Cl)=[N+]([O-])C2. The fraction of sp³-hybridized carbons (Fsp3) is 0.133. The van der Waals surface area contributed by atoms with E-state index >= 15 is 0 Å². The van der Waals surface area contributed by atoms with Gasteiger partial charge in [0.15, 0.2) is 0 Å². The molecule has 8 heteroatoms. The molecule has 0 unspecified atom stereocenters. The summed E-state index contributed by atoms with van der Waals surface area (Å²) < 4.78 is 3.37. The van der Waals surface area contributed by atoms with Gasteiger partial charge in [-0.2, -0.15) is 4.74 Å². The molecule has 0 N–H and O–H groups in total. The summed E-state index contributed by atoms with van der Waals surface area (Å²) in [5.74, 6) is 1.30. The summed E-state index contributed by atoms with van der Waals surface area (Å²) >= 11 is 13.9. The van der Waals surface area contributed by atoms with Crippen molar-refractivity contribution >= 4 is 40.3 Å². The second-order valence-corrected chi connectivity index (χ2v) is 7.20. The second-order valence-electron chi connectivity index (χ2n) is 5.13. The molecular formula is C15H10Cl2N4OS. The normalized spacial score (nSPS) is 13.7.